The van der Waals surface area contributed by atoms with E-state index >= 15 is 0 Å². The minimum Gasteiger partial charge on any atom is -0.351 e. The van der Waals surface area contributed by atoms with Crippen molar-refractivity contribution in [2.24, 2.45) is 5.92 Å². The molecule has 2 bridgehead atoms. The second kappa shape index (κ2) is 6.94. The topological polar surface area (TPSA) is 41.1 Å². The van der Waals surface area contributed by atoms with Crippen LogP contribution in [-0.2, 0) is 4.79 Å². The molecular formula is C15H29ClN2O. The van der Waals surface area contributed by atoms with Crippen LogP contribution in [-0.4, -0.2) is 23.5 Å². The molecule has 2 atom stereocenters. The monoisotopic (exact) mass is 288 g/mol. The van der Waals surface area contributed by atoms with Crippen molar-refractivity contribution in [1.29, 1.82) is 0 Å². The number of halogens is 1. The Hall–Kier alpha value is -0.280. The van der Waals surface area contributed by atoms with E-state index in [-0.39, 0.29) is 23.9 Å². The first kappa shape index (κ1) is 16.8. The molecule has 0 spiro atoms. The van der Waals surface area contributed by atoms with Gasteiger partial charge in [-0.05, 0) is 51.9 Å². The van der Waals surface area contributed by atoms with E-state index in [0.717, 1.165) is 19.3 Å². The van der Waals surface area contributed by atoms with Crippen LogP contribution < -0.4 is 10.6 Å². The molecule has 0 aromatic carbocycles. The summed E-state index contributed by atoms with van der Waals surface area (Å²) in [4.78, 5) is 12.1. The predicted octanol–water partition coefficient (Wildman–Crippen LogP) is 3.02. The molecule has 0 aromatic heterocycles. The highest BCUT2D eigenvalue weighted by atomic mass is 35.5. The molecule has 0 radical (unpaired) electrons. The van der Waals surface area contributed by atoms with Crippen LogP contribution in [0.4, 0.5) is 0 Å². The van der Waals surface area contributed by atoms with Gasteiger partial charge in [-0.15, -0.1) is 12.4 Å². The summed E-state index contributed by atoms with van der Waals surface area (Å²) in [5.74, 6) is 0.848. The maximum atomic E-state index is 12.1. The minimum atomic E-state index is -0.0439. The number of rotatable bonds is 5. The molecule has 2 N–H and O–H groups in total. The van der Waals surface area contributed by atoms with Crippen molar-refractivity contribution in [2.75, 3.05) is 0 Å². The molecule has 4 heteroatoms. The second-order valence-electron chi connectivity index (χ2n) is 6.86. The van der Waals surface area contributed by atoms with E-state index in [9.17, 15) is 4.79 Å². The van der Waals surface area contributed by atoms with Crippen LogP contribution >= 0.6 is 12.4 Å². The van der Waals surface area contributed by atoms with Gasteiger partial charge in [-0.2, -0.15) is 0 Å². The summed E-state index contributed by atoms with van der Waals surface area (Å²) < 4.78 is 0. The zero-order valence-corrected chi connectivity index (χ0v) is 13.3. The molecule has 112 valence electrons. The number of hydrogen-bond donors (Lipinski definition) is 2. The first-order valence-electron chi connectivity index (χ1n) is 7.55. The number of fused-ring (bicyclic) bond motifs is 2. The van der Waals surface area contributed by atoms with Gasteiger partial charge < -0.3 is 10.6 Å². The lowest BCUT2D eigenvalue weighted by Crippen LogP contribution is -2.45. The third-order valence-electron chi connectivity index (χ3n) is 4.40. The number of piperidine rings is 1. The van der Waals surface area contributed by atoms with E-state index in [1.54, 1.807) is 0 Å². The van der Waals surface area contributed by atoms with Gasteiger partial charge in [0.2, 0.25) is 5.91 Å². The molecule has 3 nitrogen and oxygen atoms in total. The quantitative estimate of drug-likeness (QED) is 0.816. The lowest BCUT2D eigenvalue weighted by Gasteiger charge is -2.31. The van der Waals surface area contributed by atoms with Gasteiger partial charge in [0, 0.05) is 24.0 Å². The van der Waals surface area contributed by atoms with Gasteiger partial charge >= 0.3 is 0 Å². The summed E-state index contributed by atoms with van der Waals surface area (Å²) in [7, 11) is 0. The molecule has 1 amide bonds. The lowest BCUT2D eigenvalue weighted by atomic mass is 9.89. The van der Waals surface area contributed by atoms with Crippen LogP contribution in [0.2, 0.25) is 0 Å². The first-order valence-corrected chi connectivity index (χ1v) is 7.55. The molecule has 0 aromatic rings. The van der Waals surface area contributed by atoms with Gasteiger partial charge in [0.15, 0.2) is 0 Å². The van der Waals surface area contributed by atoms with Crippen LogP contribution in [0.15, 0.2) is 0 Å². The van der Waals surface area contributed by atoms with Crippen molar-refractivity contribution in [3.8, 4) is 0 Å². The number of carbonyl (C=O) groups excluding carboxylic acids is 1. The summed E-state index contributed by atoms with van der Waals surface area (Å²) >= 11 is 0. The molecule has 2 heterocycles. The number of carbonyl (C=O) groups is 1. The van der Waals surface area contributed by atoms with Gasteiger partial charge in [-0.3, -0.25) is 4.79 Å². The smallest absolute Gasteiger partial charge is 0.220 e. The van der Waals surface area contributed by atoms with E-state index in [1.807, 2.05) is 0 Å². The van der Waals surface area contributed by atoms with Crippen molar-refractivity contribution in [3.63, 3.8) is 0 Å². The van der Waals surface area contributed by atoms with E-state index < -0.39 is 0 Å². The Morgan fingerprint density at radius 2 is 1.84 bits per heavy atom. The van der Waals surface area contributed by atoms with Crippen molar-refractivity contribution in [2.45, 2.75) is 83.3 Å². The van der Waals surface area contributed by atoms with Gasteiger partial charge in [0.25, 0.3) is 0 Å². The zero-order chi connectivity index (χ0) is 13.2. The standard InChI is InChI=1S/C15H28N2O.ClH/c1-4-7-15(2,3)17-14(18)10-11-8-12-5-6-13(9-11)16-12;/h11-13,16H,4-10H2,1-3H3,(H,17,18);1H. The largest absolute Gasteiger partial charge is 0.351 e. The highest BCUT2D eigenvalue weighted by molar-refractivity contribution is 5.85. The third kappa shape index (κ3) is 4.96. The van der Waals surface area contributed by atoms with E-state index in [0.29, 0.717) is 18.0 Å². The predicted molar refractivity (Wildman–Crippen MR) is 81.7 cm³/mol. The highest BCUT2D eigenvalue weighted by Crippen LogP contribution is 2.32. The molecule has 2 unspecified atom stereocenters. The summed E-state index contributed by atoms with van der Waals surface area (Å²) in [6.07, 6.45) is 7.90. The molecule has 2 rings (SSSR count). The van der Waals surface area contributed by atoms with Crippen molar-refractivity contribution >= 4 is 18.3 Å². The van der Waals surface area contributed by atoms with Crippen LogP contribution in [0, 0.1) is 5.92 Å². The average Bonchev–Trinajstić information content (AvgIpc) is 2.56. The zero-order valence-electron chi connectivity index (χ0n) is 12.5. The molecule has 2 saturated heterocycles. The van der Waals surface area contributed by atoms with E-state index in [2.05, 4.69) is 31.4 Å². The maximum absolute atomic E-state index is 12.1. The molecule has 0 saturated carbocycles. The molecule has 2 fully saturated rings. The Balaban J connectivity index is 0.00000180. The van der Waals surface area contributed by atoms with Gasteiger partial charge in [-0.25, -0.2) is 0 Å². The lowest BCUT2D eigenvalue weighted by molar-refractivity contribution is -0.123. The van der Waals surface area contributed by atoms with Crippen LogP contribution in [0.5, 0.6) is 0 Å². The van der Waals surface area contributed by atoms with Gasteiger partial charge in [0.05, 0.1) is 0 Å². The Labute approximate surface area is 123 Å². The number of nitrogens with one attached hydrogen (secondary N) is 2. The van der Waals surface area contributed by atoms with Gasteiger partial charge in [-0.1, -0.05) is 13.3 Å². The maximum Gasteiger partial charge on any atom is 0.220 e. The SMILES string of the molecule is CCCC(C)(C)NC(=O)CC1CC2CCC(C1)N2.Cl. The summed E-state index contributed by atoms with van der Waals surface area (Å²) in [6.45, 7) is 6.42. The summed E-state index contributed by atoms with van der Waals surface area (Å²) in [6, 6.07) is 1.37. The Bertz CT molecular complexity index is 295. The second-order valence-corrected chi connectivity index (χ2v) is 6.86. The van der Waals surface area contributed by atoms with Crippen LogP contribution in [0.3, 0.4) is 0 Å². The van der Waals surface area contributed by atoms with Crippen LogP contribution in [0.25, 0.3) is 0 Å². The normalized spacial score (nSPS) is 29.7. The molecule has 0 aliphatic carbocycles. The van der Waals surface area contributed by atoms with Gasteiger partial charge in [0.1, 0.15) is 0 Å². The Kier molecular flexibility index (Phi) is 6.13. The fraction of sp³-hybridized carbons (Fsp3) is 0.933. The van der Waals surface area contributed by atoms with Crippen molar-refractivity contribution < 1.29 is 4.79 Å². The molecular weight excluding hydrogens is 260 g/mol. The van der Waals surface area contributed by atoms with Crippen LogP contribution in [0.1, 0.15) is 65.7 Å². The fourth-order valence-corrected chi connectivity index (χ4v) is 3.72. The minimum absolute atomic E-state index is 0. The number of amides is 1. The summed E-state index contributed by atoms with van der Waals surface area (Å²) in [5, 5.41) is 6.83. The third-order valence-corrected chi connectivity index (χ3v) is 4.40. The van der Waals surface area contributed by atoms with Crippen molar-refractivity contribution in [3.05, 3.63) is 0 Å². The Morgan fingerprint density at radius 3 is 2.37 bits per heavy atom. The van der Waals surface area contributed by atoms with E-state index in [4.69, 9.17) is 0 Å². The number of hydrogen-bond acceptors (Lipinski definition) is 2. The molecule has 2 aliphatic rings. The molecule has 2 aliphatic heterocycles. The van der Waals surface area contributed by atoms with Crippen molar-refractivity contribution in [1.82, 2.24) is 10.6 Å². The summed E-state index contributed by atoms with van der Waals surface area (Å²) in [5.41, 5.74) is -0.0439. The fourth-order valence-electron chi connectivity index (χ4n) is 3.72. The van der Waals surface area contributed by atoms with E-state index in [1.165, 1.54) is 25.7 Å². The Morgan fingerprint density at radius 1 is 1.26 bits per heavy atom. The molecule has 19 heavy (non-hydrogen) atoms. The highest BCUT2D eigenvalue weighted by Gasteiger charge is 2.34. The average molecular weight is 289 g/mol. The first-order chi connectivity index (χ1) is 8.48.